The van der Waals surface area contributed by atoms with Gasteiger partial charge in [-0.15, -0.1) is 11.3 Å². The van der Waals surface area contributed by atoms with Gasteiger partial charge in [-0.3, -0.25) is 0 Å². The Kier molecular flexibility index (Phi) is 5.49. The van der Waals surface area contributed by atoms with Crippen LogP contribution in [0.3, 0.4) is 0 Å². The summed E-state index contributed by atoms with van der Waals surface area (Å²) >= 11 is 7.54. The second-order valence-electron chi connectivity index (χ2n) is 4.24. The lowest BCUT2D eigenvalue weighted by atomic mass is 10.4. The Labute approximate surface area is 127 Å². The van der Waals surface area contributed by atoms with Gasteiger partial charge in [0.1, 0.15) is 0 Å². The molecule has 0 aliphatic heterocycles. The maximum Gasteiger partial charge on any atom is 0.228 e. The molecule has 0 unspecified atom stereocenters. The molecule has 2 aromatic heterocycles. The van der Waals surface area contributed by atoms with Crippen LogP contribution >= 0.6 is 22.9 Å². The Bertz CT molecular complexity index is 559. The number of aryl methyl sites for hydroxylation is 1. The third-order valence-electron chi connectivity index (χ3n) is 2.43. The molecule has 2 rings (SSSR count). The maximum absolute atomic E-state index is 5.88. The molecular formula is C12H17ClN6S. The minimum absolute atomic E-state index is 0.186. The van der Waals surface area contributed by atoms with Crippen LogP contribution in [0.5, 0.6) is 0 Å². The van der Waals surface area contributed by atoms with E-state index in [-0.39, 0.29) is 5.28 Å². The van der Waals surface area contributed by atoms with Crippen LogP contribution in [0.2, 0.25) is 5.28 Å². The first kappa shape index (κ1) is 14.9. The standard InChI is InChI=1S/C12H17ClN6S/c1-3-5-14-11-17-10(13)18-12(19-11)15-6-4-9-16-8(2)7-20-9/h7H,3-6H2,1-2H3,(H2,14,15,17,18,19). The summed E-state index contributed by atoms with van der Waals surface area (Å²) in [5.41, 5.74) is 1.05. The number of thiazole rings is 1. The van der Waals surface area contributed by atoms with E-state index in [1.807, 2.05) is 12.3 Å². The molecule has 0 aromatic carbocycles. The van der Waals surface area contributed by atoms with E-state index in [4.69, 9.17) is 11.6 Å². The van der Waals surface area contributed by atoms with Gasteiger partial charge in [-0.05, 0) is 24.9 Å². The number of rotatable bonds is 7. The maximum atomic E-state index is 5.88. The molecule has 0 aliphatic rings. The van der Waals surface area contributed by atoms with E-state index in [0.29, 0.717) is 18.4 Å². The van der Waals surface area contributed by atoms with Gasteiger partial charge in [0.05, 0.1) is 5.01 Å². The van der Waals surface area contributed by atoms with Crippen LogP contribution in [0, 0.1) is 6.92 Å². The quantitative estimate of drug-likeness (QED) is 0.819. The summed E-state index contributed by atoms with van der Waals surface area (Å²) < 4.78 is 0. The van der Waals surface area contributed by atoms with Crippen LogP contribution in [-0.4, -0.2) is 33.0 Å². The zero-order valence-electron chi connectivity index (χ0n) is 11.5. The second kappa shape index (κ2) is 7.35. The predicted molar refractivity (Wildman–Crippen MR) is 82.7 cm³/mol. The van der Waals surface area contributed by atoms with Gasteiger partial charge in [0.25, 0.3) is 0 Å². The van der Waals surface area contributed by atoms with Gasteiger partial charge in [-0.1, -0.05) is 6.92 Å². The van der Waals surface area contributed by atoms with Gasteiger partial charge in [0.15, 0.2) is 0 Å². The molecule has 0 aliphatic carbocycles. The van der Waals surface area contributed by atoms with Gasteiger partial charge in [0, 0.05) is 30.6 Å². The molecule has 0 saturated heterocycles. The van der Waals surface area contributed by atoms with E-state index in [0.717, 1.165) is 30.1 Å². The number of hydrogen-bond acceptors (Lipinski definition) is 7. The van der Waals surface area contributed by atoms with Crippen LogP contribution in [-0.2, 0) is 6.42 Å². The third-order valence-corrected chi connectivity index (χ3v) is 3.63. The highest BCUT2D eigenvalue weighted by Gasteiger charge is 2.05. The first-order valence-electron chi connectivity index (χ1n) is 6.47. The Morgan fingerprint density at radius 2 is 1.80 bits per heavy atom. The fraction of sp³-hybridized carbons (Fsp3) is 0.500. The lowest BCUT2D eigenvalue weighted by Crippen LogP contribution is -2.11. The van der Waals surface area contributed by atoms with Crippen LogP contribution in [0.15, 0.2) is 5.38 Å². The normalized spacial score (nSPS) is 10.6. The molecular weight excluding hydrogens is 296 g/mol. The molecule has 0 spiro atoms. The summed E-state index contributed by atoms with van der Waals surface area (Å²) in [4.78, 5) is 16.7. The van der Waals surface area contributed by atoms with E-state index in [2.05, 4.69) is 37.5 Å². The molecule has 20 heavy (non-hydrogen) atoms. The van der Waals surface area contributed by atoms with Gasteiger partial charge < -0.3 is 10.6 Å². The fourth-order valence-corrected chi connectivity index (χ4v) is 2.48. The molecule has 0 radical (unpaired) electrons. The number of aromatic nitrogens is 4. The number of nitrogens with zero attached hydrogens (tertiary/aromatic N) is 4. The van der Waals surface area contributed by atoms with Gasteiger partial charge in [0.2, 0.25) is 17.2 Å². The summed E-state index contributed by atoms with van der Waals surface area (Å²) in [6.45, 7) is 5.58. The predicted octanol–water partition coefficient (Wildman–Crippen LogP) is 2.77. The van der Waals surface area contributed by atoms with Crippen LogP contribution in [0.4, 0.5) is 11.9 Å². The Morgan fingerprint density at radius 1 is 1.10 bits per heavy atom. The van der Waals surface area contributed by atoms with E-state index < -0.39 is 0 Å². The topological polar surface area (TPSA) is 75.6 Å². The van der Waals surface area contributed by atoms with Crippen molar-refractivity contribution in [1.29, 1.82) is 0 Å². The Balaban J connectivity index is 1.89. The van der Waals surface area contributed by atoms with Crippen molar-refractivity contribution in [3.05, 3.63) is 21.4 Å². The van der Waals surface area contributed by atoms with Crippen molar-refractivity contribution in [1.82, 2.24) is 19.9 Å². The molecule has 2 aromatic rings. The van der Waals surface area contributed by atoms with Crippen molar-refractivity contribution in [2.24, 2.45) is 0 Å². The fourth-order valence-electron chi connectivity index (χ4n) is 1.54. The first-order chi connectivity index (χ1) is 9.67. The van der Waals surface area contributed by atoms with Crippen LogP contribution < -0.4 is 10.6 Å². The highest BCUT2D eigenvalue weighted by molar-refractivity contribution is 7.09. The molecule has 8 heteroatoms. The first-order valence-corrected chi connectivity index (χ1v) is 7.73. The van der Waals surface area contributed by atoms with Crippen molar-refractivity contribution in [3.8, 4) is 0 Å². The number of anilines is 2. The highest BCUT2D eigenvalue weighted by atomic mass is 35.5. The second-order valence-corrected chi connectivity index (χ2v) is 5.52. The Hall–Kier alpha value is -1.47. The van der Waals surface area contributed by atoms with E-state index in [1.54, 1.807) is 11.3 Å². The third kappa shape index (κ3) is 4.57. The van der Waals surface area contributed by atoms with Crippen molar-refractivity contribution < 1.29 is 0 Å². The van der Waals surface area contributed by atoms with E-state index in [9.17, 15) is 0 Å². The summed E-state index contributed by atoms with van der Waals surface area (Å²) in [6, 6.07) is 0. The van der Waals surface area contributed by atoms with Crippen molar-refractivity contribution in [2.75, 3.05) is 23.7 Å². The zero-order valence-corrected chi connectivity index (χ0v) is 13.1. The minimum atomic E-state index is 0.186. The summed E-state index contributed by atoms with van der Waals surface area (Å²) in [5.74, 6) is 0.983. The minimum Gasteiger partial charge on any atom is -0.354 e. The van der Waals surface area contributed by atoms with Gasteiger partial charge in [-0.2, -0.15) is 15.0 Å². The van der Waals surface area contributed by atoms with Crippen molar-refractivity contribution >= 4 is 34.8 Å². The average Bonchev–Trinajstić information content (AvgIpc) is 2.81. The molecule has 0 bridgehead atoms. The monoisotopic (exact) mass is 312 g/mol. The van der Waals surface area contributed by atoms with Gasteiger partial charge in [-0.25, -0.2) is 4.98 Å². The number of hydrogen-bond donors (Lipinski definition) is 2. The summed E-state index contributed by atoms with van der Waals surface area (Å²) in [7, 11) is 0. The largest absolute Gasteiger partial charge is 0.354 e. The molecule has 2 heterocycles. The van der Waals surface area contributed by atoms with Crippen LogP contribution in [0.25, 0.3) is 0 Å². The van der Waals surface area contributed by atoms with Gasteiger partial charge >= 0.3 is 0 Å². The smallest absolute Gasteiger partial charge is 0.228 e. The average molecular weight is 313 g/mol. The Morgan fingerprint density at radius 3 is 2.40 bits per heavy atom. The lowest BCUT2D eigenvalue weighted by Gasteiger charge is -2.07. The van der Waals surface area contributed by atoms with Crippen molar-refractivity contribution in [3.63, 3.8) is 0 Å². The summed E-state index contributed by atoms with van der Waals surface area (Å²) in [5, 5.41) is 9.56. The molecule has 0 atom stereocenters. The summed E-state index contributed by atoms with van der Waals surface area (Å²) in [6.07, 6.45) is 1.83. The van der Waals surface area contributed by atoms with Crippen molar-refractivity contribution in [2.45, 2.75) is 26.7 Å². The number of nitrogens with one attached hydrogen (secondary N) is 2. The molecule has 108 valence electrons. The molecule has 0 saturated carbocycles. The molecule has 6 nitrogen and oxygen atoms in total. The molecule has 0 amide bonds. The lowest BCUT2D eigenvalue weighted by molar-refractivity contribution is 0.921. The SMILES string of the molecule is CCCNc1nc(Cl)nc(NCCc2nc(C)cs2)n1. The van der Waals surface area contributed by atoms with E-state index in [1.165, 1.54) is 0 Å². The molecule has 2 N–H and O–H groups in total. The zero-order chi connectivity index (χ0) is 14.4. The van der Waals surface area contributed by atoms with E-state index >= 15 is 0 Å². The molecule has 0 fully saturated rings. The highest BCUT2D eigenvalue weighted by Crippen LogP contribution is 2.11. The number of halogens is 1. The van der Waals surface area contributed by atoms with Crippen LogP contribution in [0.1, 0.15) is 24.0 Å².